The third-order valence-electron chi connectivity index (χ3n) is 6.73. The Balaban J connectivity index is 1.65. The first-order valence-corrected chi connectivity index (χ1v) is 11.3. The second-order valence-corrected chi connectivity index (χ2v) is 10.1. The Hall–Kier alpha value is -3.55. The van der Waals surface area contributed by atoms with Crippen LogP contribution in [0.4, 0.5) is 4.39 Å². The lowest BCUT2D eigenvalue weighted by molar-refractivity contribution is 0.202. The number of aromatic nitrogens is 6. The number of fused-ring (bicyclic) bond motifs is 3. The molecule has 8 heteroatoms. The van der Waals surface area contributed by atoms with Gasteiger partial charge >= 0.3 is 0 Å². The Bertz CT molecular complexity index is 1420. The van der Waals surface area contributed by atoms with E-state index in [4.69, 9.17) is 5.10 Å². The Morgan fingerprint density at radius 1 is 1.18 bits per heavy atom. The quantitative estimate of drug-likeness (QED) is 0.493. The van der Waals surface area contributed by atoms with E-state index in [-0.39, 0.29) is 22.7 Å². The number of pyridine rings is 1. The summed E-state index contributed by atoms with van der Waals surface area (Å²) >= 11 is 0. The molecule has 7 nitrogen and oxygen atoms in total. The summed E-state index contributed by atoms with van der Waals surface area (Å²) in [6.45, 7) is 7.24. The molecule has 0 radical (unpaired) electrons. The molecule has 1 N–H and O–H groups in total. The molecule has 0 bridgehead atoms. The van der Waals surface area contributed by atoms with Crippen LogP contribution in [0.15, 0.2) is 47.7 Å². The van der Waals surface area contributed by atoms with Crippen molar-refractivity contribution in [2.45, 2.75) is 52.1 Å². The van der Waals surface area contributed by atoms with Gasteiger partial charge in [-0.15, -0.1) is 0 Å². The van der Waals surface area contributed by atoms with E-state index < -0.39 is 0 Å². The highest BCUT2D eigenvalue weighted by Gasteiger charge is 2.39. The van der Waals surface area contributed by atoms with Crippen LogP contribution in [-0.2, 0) is 6.54 Å². The molecule has 1 aromatic carbocycles. The highest BCUT2D eigenvalue weighted by atomic mass is 19.1. The van der Waals surface area contributed by atoms with Gasteiger partial charge in [-0.25, -0.2) is 9.37 Å². The van der Waals surface area contributed by atoms with Crippen molar-refractivity contribution in [1.82, 2.24) is 29.5 Å². The minimum absolute atomic E-state index is 0.0644. The van der Waals surface area contributed by atoms with Gasteiger partial charge in [-0.3, -0.25) is 14.6 Å². The molecule has 0 spiro atoms. The Morgan fingerprint density at radius 3 is 2.67 bits per heavy atom. The third kappa shape index (κ3) is 3.23. The van der Waals surface area contributed by atoms with Crippen LogP contribution in [0, 0.1) is 11.2 Å². The minimum atomic E-state index is -0.282. The standard InChI is InChI=1S/C25H25FN6O/c1-25(2,3)20-12-32-23(18-10-19(33)17(11-31(18)20)24-27-13-28-29-24)21(22(30-32)14-7-8-14)15-5-4-6-16(26)9-15/h4-6,9-11,13-14,20H,7-8,12H2,1-3H3,(H,27,28,29)/t20-/m0/s1. The van der Waals surface area contributed by atoms with Crippen molar-refractivity contribution in [2.24, 2.45) is 5.41 Å². The van der Waals surface area contributed by atoms with Gasteiger partial charge in [0.05, 0.1) is 35.2 Å². The van der Waals surface area contributed by atoms with E-state index in [0.717, 1.165) is 41.1 Å². The maximum atomic E-state index is 14.2. The van der Waals surface area contributed by atoms with Crippen LogP contribution in [0.2, 0.25) is 0 Å². The molecule has 6 rings (SSSR count). The average molecular weight is 445 g/mol. The summed E-state index contributed by atoms with van der Waals surface area (Å²) in [6, 6.07) is 8.40. The maximum absolute atomic E-state index is 14.2. The van der Waals surface area contributed by atoms with Gasteiger partial charge in [0, 0.05) is 23.7 Å². The van der Waals surface area contributed by atoms with Gasteiger partial charge in [-0.2, -0.15) is 10.2 Å². The van der Waals surface area contributed by atoms with Gasteiger partial charge in [0.1, 0.15) is 12.1 Å². The lowest BCUT2D eigenvalue weighted by Crippen LogP contribution is -2.34. The lowest BCUT2D eigenvalue weighted by Gasteiger charge is -2.38. The third-order valence-corrected chi connectivity index (χ3v) is 6.73. The summed E-state index contributed by atoms with van der Waals surface area (Å²) in [5.41, 5.74) is 4.66. The Kier molecular flexibility index (Phi) is 4.24. The fourth-order valence-corrected chi connectivity index (χ4v) is 4.90. The number of H-pyrrole nitrogens is 1. The molecule has 1 fully saturated rings. The summed E-state index contributed by atoms with van der Waals surface area (Å²) in [5, 5.41) is 11.8. The fourth-order valence-electron chi connectivity index (χ4n) is 4.90. The van der Waals surface area contributed by atoms with Crippen molar-refractivity contribution >= 4 is 0 Å². The molecule has 168 valence electrons. The molecule has 1 aliphatic carbocycles. The molecule has 2 aliphatic rings. The van der Waals surface area contributed by atoms with E-state index in [1.807, 2.05) is 16.9 Å². The van der Waals surface area contributed by atoms with Crippen LogP contribution in [0.3, 0.4) is 0 Å². The van der Waals surface area contributed by atoms with Crippen LogP contribution in [0.25, 0.3) is 33.9 Å². The SMILES string of the molecule is CC(C)(C)[C@@H]1Cn2nc(C3CC3)c(-c3cccc(F)c3)c2-c2cc(=O)c(-c3ncn[nH]3)cn21. The number of hydrogen-bond acceptors (Lipinski definition) is 4. The van der Waals surface area contributed by atoms with Crippen LogP contribution in [0.1, 0.15) is 51.3 Å². The molecule has 0 saturated heterocycles. The molecule has 0 amide bonds. The van der Waals surface area contributed by atoms with Gasteiger partial charge in [-0.1, -0.05) is 32.9 Å². The molecule has 0 unspecified atom stereocenters. The molecule has 4 heterocycles. The molecule has 33 heavy (non-hydrogen) atoms. The molecule has 4 aromatic rings. The average Bonchev–Trinajstić information content (AvgIpc) is 3.31. The highest BCUT2D eigenvalue weighted by molar-refractivity contribution is 5.83. The van der Waals surface area contributed by atoms with Crippen LogP contribution in [0.5, 0.6) is 0 Å². The van der Waals surface area contributed by atoms with E-state index in [9.17, 15) is 9.18 Å². The summed E-state index contributed by atoms with van der Waals surface area (Å²) < 4.78 is 18.4. The number of rotatable bonds is 3. The molecule has 1 aliphatic heterocycles. The summed E-state index contributed by atoms with van der Waals surface area (Å²) in [7, 11) is 0. The highest BCUT2D eigenvalue weighted by Crippen LogP contribution is 2.50. The van der Waals surface area contributed by atoms with Crippen molar-refractivity contribution in [3.63, 3.8) is 0 Å². The van der Waals surface area contributed by atoms with Gasteiger partial charge in [0.2, 0.25) is 0 Å². The van der Waals surface area contributed by atoms with E-state index in [0.29, 0.717) is 23.9 Å². The summed E-state index contributed by atoms with van der Waals surface area (Å²) in [4.78, 5) is 17.4. The van der Waals surface area contributed by atoms with Crippen molar-refractivity contribution < 1.29 is 4.39 Å². The lowest BCUT2D eigenvalue weighted by atomic mass is 9.84. The van der Waals surface area contributed by atoms with E-state index in [1.165, 1.54) is 12.4 Å². The van der Waals surface area contributed by atoms with E-state index in [1.54, 1.807) is 18.2 Å². The molecule has 1 saturated carbocycles. The molecule has 1 atom stereocenters. The van der Waals surface area contributed by atoms with Crippen molar-refractivity contribution in [1.29, 1.82) is 0 Å². The molecule has 3 aromatic heterocycles. The topological polar surface area (TPSA) is 81.4 Å². The van der Waals surface area contributed by atoms with Crippen molar-refractivity contribution in [2.75, 3.05) is 0 Å². The summed E-state index contributed by atoms with van der Waals surface area (Å²) in [5.74, 6) is 0.546. The maximum Gasteiger partial charge on any atom is 0.193 e. The second-order valence-electron chi connectivity index (χ2n) is 10.1. The van der Waals surface area contributed by atoms with Crippen molar-refractivity contribution in [3.8, 4) is 33.9 Å². The molecular weight excluding hydrogens is 419 g/mol. The van der Waals surface area contributed by atoms with Gasteiger partial charge < -0.3 is 4.57 Å². The van der Waals surface area contributed by atoms with Crippen molar-refractivity contribution in [3.05, 3.63) is 64.6 Å². The first-order valence-electron chi connectivity index (χ1n) is 11.3. The van der Waals surface area contributed by atoms with Gasteiger partial charge in [0.25, 0.3) is 0 Å². The Morgan fingerprint density at radius 2 is 2.00 bits per heavy atom. The fraction of sp³-hybridized carbons (Fsp3) is 0.360. The zero-order chi connectivity index (χ0) is 22.9. The first-order chi connectivity index (χ1) is 15.8. The number of benzene rings is 1. The minimum Gasteiger partial charge on any atom is -0.340 e. The number of hydrogen-bond donors (Lipinski definition) is 1. The van der Waals surface area contributed by atoms with E-state index in [2.05, 4.69) is 40.5 Å². The predicted molar refractivity (Wildman–Crippen MR) is 123 cm³/mol. The number of nitrogens with zero attached hydrogens (tertiary/aromatic N) is 5. The second kappa shape index (κ2) is 6.97. The number of halogens is 1. The molecular formula is C25H25FN6O. The summed E-state index contributed by atoms with van der Waals surface area (Å²) in [6.07, 6.45) is 5.45. The van der Waals surface area contributed by atoms with Crippen LogP contribution < -0.4 is 5.43 Å². The zero-order valence-corrected chi connectivity index (χ0v) is 18.8. The van der Waals surface area contributed by atoms with Gasteiger partial charge in [0.15, 0.2) is 11.3 Å². The predicted octanol–water partition coefficient (Wildman–Crippen LogP) is 4.78. The van der Waals surface area contributed by atoms with Crippen LogP contribution >= 0.6 is 0 Å². The smallest absolute Gasteiger partial charge is 0.193 e. The first kappa shape index (κ1) is 20.1. The number of nitrogens with one attached hydrogen (secondary N) is 1. The van der Waals surface area contributed by atoms with Gasteiger partial charge in [-0.05, 0) is 36.0 Å². The zero-order valence-electron chi connectivity index (χ0n) is 18.8. The largest absolute Gasteiger partial charge is 0.340 e. The number of aromatic amines is 1. The van der Waals surface area contributed by atoms with Crippen LogP contribution in [-0.4, -0.2) is 29.5 Å². The van der Waals surface area contributed by atoms with E-state index >= 15 is 0 Å². The normalized spacial score (nSPS) is 17.6. The Labute approximate surface area is 190 Å². The monoisotopic (exact) mass is 444 g/mol.